The second-order valence-corrected chi connectivity index (χ2v) is 10.1. The quantitative estimate of drug-likeness (QED) is 0.705. The lowest BCUT2D eigenvalue weighted by Crippen LogP contribution is -2.66. The van der Waals surface area contributed by atoms with Gasteiger partial charge in [0, 0.05) is 42.6 Å². The van der Waals surface area contributed by atoms with Crippen LogP contribution >= 0.6 is 0 Å². The van der Waals surface area contributed by atoms with E-state index in [4.69, 9.17) is 4.74 Å². The molecule has 2 amide bonds. The molecule has 3 fully saturated rings. The number of amides is 2. The zero-order chi connectivity index (χ0) is 22.8. The van der Waals surface area contributed by atoms with Gasteiger partial charge < -0.3 is 15.0 Å². The topological polar surface area (TPSA) is 58.6 Å². The summed E-state index contributed by atoms with van der Waals surface area (Å²) in [6.07, 6.45) is 8.82. The van der Waals surface area contributed by atoms with Gasteiger partial charge in [-0.05, 0) is 55.9 Å². The highest BCUT2D eigenvalue weighted by Crippen LogP contribution is 2.53. The Morgan fingerprint density at radius 2 is 1.76 bits per heavy atom. The third-order valence-corrected chi connectivity index (χ3v) is 8.43. The maximum atomic E-state index is 13.2. The van der Waals surface area contributed by atoms with Gasteiger partial charge in [-0.25, -0.2) is 0 Å². The number of nitrogens with one attached hydrogen (secondary N) is 1. The molecular formula is C28H36N2O3. The molecule has 5 heteroatoms. The molecule has 2 atom stereocenters. The molecule has 176 valence electrons. The van der Waals surface area contributed by atoms with Gasteiger partial charge in [0.25, 0.3) is 5.91 Å². The van der Waals surface area contributed by atoms with Gasteiger partial charge in [-0.2, -0.15) is 0 Å². The van der Waals surface area contributed by atoms with Gasteiger partial charge in [-0.3, -0.25) is 9.59 Å². The van der Waals surface area contributed by atoms with E-state index in [0.717, 1.165) is 42.2 Å². The minimum absolute atomic E-state index is 0.00616. The van der Waals surface area contributed by atoms with E-state index in [0.29, 0.717) is 19.2 Å². The van der Waals surface area contributed by atoms with Crippen molar-refractivity contribution in [1.82, 2.24) is 10.2 Å². The third kappa shape index (κ3) is 4.16. The fraction of sp³-hybridized carbons (Fsp3) is 0.571. The van der Waals surface area contributed by atoms with Crippen LogP contribution < -0.4 is 5.32 Å². The number of hydrogen-bond donors (Lipinski definition) is 1. The predicted molar refractivity (Wildman–Crippen MR) is 130 cm³/mol. The average molecular weight is 449 g/mol. The number of ether oxygens (including phenoxy) is 1. The van der Waals surface area contributed by atoms with Crippen molar-refractivity contribution in [3.05, 3.63) is 48.0 Å². The molecular weight excluding hydrogens is 412 g/mol. The van der Waals surface area contributed by atoms with E-state index >= 15 is 0 Å². The van der Waals surface area contributed by atoms with Gasteiger partial charge in [0.1, 0.15) is 0 Å². The minimum atomic E-state index is -0.00616. The van der Waals surface area contributed by atoms with Crippen LogP contribution in [0.4, 0.5) is 0 Å². The van der Waals surface area contributed by atoms with Crippen molar-refractivity contribution in [3.8, 4) is 0 Å². The lowest BCUT2D eigenvalue weighted by Gasteiger charge is -2.57. The molecule has 1 spiro atoms. The molecule has 2 aliphatic carbocycles. The zero-order valence-electron chi connectivity index (χ0n) is 19.7. The van der Waals surface area contributed by atoms with E-state index in [1.165, 1.54) is 32.1 Å². The van der Waals surface area contributed by atoms with Gasteiger partial charge in [0.2, 0.25) is 5.91 Å². The van der Waals surface area contributed by atoms with E-state index in [2.05, 4.69) is 12.2 Å². The molecule has 1 aliphatic heterocycles. The predicted octanol–water partition coefficient (Wildman–Crippen LogP) is 4.94. The first-order chi connectivity index (χ1) is 16.1. The maximum Gasteiger partial charge on any atom is 0.254 e. The molecule has 1 N–H and O–H groups in total. The van der Waals surface area contributed by atoms with Crippen LogP contribution in [0, 0.1) is 11.3 Å². The van der Waals surface area contributed by atoms with Crippen molar-refractivity contribution in [2.45, 2.75) is 70.4 Å². The van der Waals surface area contributed by atoms with Crippen molar-refractivity contribution in [1.29, 1.82) is 0 Å². The highest BCUT2D eigenvalue weighted by Gasteiger charge is 2.56. The van der Waals surface area contributed by atoms with Gasteiger partial charge in [-0.1, -0.05) is 55.7 Å². The number of hydrogen-bond acceptors (Lipinski definition) is 3. The van der Waals surface area contributed by atoms with Gasteiger partial charge in [0.05, 0.1) is 6.10 Å². The summed E-state index contributed by atoms with van der Waals surface area (Å²) in [6, 6.07) is 14.2. The van der Waals surface area contributed by atoms with Crippen LogP contribution in [0.1, 0.15) is 68.6 Å². The number of nitrogens with zero attached hydrogens (tertiary/aromatic N) is 1. The fourth-order valence-electron chi connectivity index (χ4n) is 6.48. The van der Waals surface area contributed by atoms with Gasteiger partial charge in [0.15, 0.2) is 0 Å². The molecule has 1 heterocycles. The molecule has 2 aromatic carbocycles. The zero-order valence-corrected chi connectivity index (χ0v) is 19.7. The Kier molecular flexibility index (Phi) is 6.42. The van der Waals surface area contributed by atoms with E-state index in [1.807, 2.05) is 47.4 Å². The Morgan fingerprint density at radius 3 is 2.52 bits per heavy atom. The van der Waals surface area contributed by atoms with Crippen LogP contribution in [-0.2, 0) is 9.53 Å². The Hall–Kier alpha value is -2.40. The molecule has 5 nitrogen and oxygen atoms in total. The SMILES string of the molecule is CCO[C@@H]1C[C@H](NC(=O)C2CCN(C(=O)c3cccc4ccccc34)CC2)C12CCCCC2. The third-order valence-electron chi connectivity index (χ3n) is 8.43. The smallest absolute Gasteiger partial charge is 0.254 e. The van der Waals surface area contributed by atoms with Crippen molar-refractivity contribution in [2.24, 2.45) is 11.3 Å². The lowest BCUT2D eigenvalue weighted by molar-refractivity contribution is -0.159. The Morgan fingerprint density at radius 1 is 1.03 bits per heavy atom. The van der Waals surface area contributed by atoms with Crippen LogP contribution in [0.15, 0.2) is 42.5 Å². The summed E-state index contributed by atoms with van der Waals surface area (Å²) < 4.78 is 6.05. The van der Waals surface area contributed by atoms with Crippen molar-refractivity contribution in [2.75, 3.05) is 19.7 Å². The second kappa shape index (κ2) is 9.46. The van der Waals surface area contributed by atoms with E-state index < -0.39 is 0 Å². The fourth-order valence-corrected chi connectivity index (χ4v) is 6.48. The monoisotopic (exact) mass is 448 g/mol. The molecule has 1 saturated heterocycles. The first kappa shape index (κ1) is 22.4. The Balaban J connectivity index is 1.19. The Bertz CT molecular complexity index is 1000. The first-order valence-corrected chi connectivity index (χ1v) is 12.8. The second-order valence-electron chi connectivity index (χ2n) is 10.1. The largest absolute Gasteiger partial charge is 0.378 e. The van der Waals surface area contributed by atoms with Crippen molar-refractivity contribution in [3.63, 3.8) is 0 Å². The van der Waals surface area contributed by atoms with E-state index in [-0.39, 0.29) is 29.2 Å². The summed E-state index contributed by atoms with van der Waals surface area (Å²) >= 11 is 0. The van der Waals surface area contributed by atoms with Crippen LogP contribution in [0.25, 0.3) is 10.8 Å². The minimum Gasteiger partial charge on any atom is -0.378 e. The lowest BCUT2D eigenvalue weighted by atomic mass is 9.55. The van der Waals surface area contributed by atoms with E-state index in [1.54, 1.807) is 0 Å². The number of piperidine rings is 1. The van der Waals surface area contributed by atoms with Gasteiger partial charge >= 0.3 is 0 Å². The molecule has 2 saturated carbocycles. The van der Waals surface area contributed by atoms with Crippen LogP contribution in [-0.4, -0.2) is 48.6 Å². The van der Waals surface area contributed by atoms with Crippen molar-refractivity contribution < 1.29 is 14.3 Å². The molecule has 0 bridgehead atoms. The first-order valence-electron chi connectivity index (χ1n) is 12.8. The summed E-state index contributed by atoms with van der Waals surface area (Å²) in [4.78, 5) is 28.3. The summed E-state index contributed by atoms with van der Waals surface area (Å²) in [7, 11) is 0. The number of carbonyl (C=O) groups excluding carboxylic acids is 2. The van der Waals surface area contributed by atoms with Crippen LogP contribution in [0.2, 0.25) is 0 Å². The number of fused-ring (bicyclic) bond motifs is 1. The van der Waals surface area contributed by atoms with Crippen molar-refractivity contribution >= 4 is 22.6 Å². The molecule has 3 aliphatic rings. The molecule has 33 heavy (non-hydrogen) atoms. The highest BCUT2D eigenvalue weighted by atomic mass is 16.5. The summed E-state index contributed by atoms with van der Waals surface area (Å²) in [6.45, 7) is 4.08. The number of benzene rings is 2. The number of likely N-dealkylation sites (tertiary alicyclic amines) is 1. The standard InChI is InChI=1S/C28H36N2O3/c1-2-33-25-19-24(28(25)15-6-3-7-16-28)29-26(31)21-13-17-30(18-14-21)27(32)23-12-8-10-20-9-4-5-11-22(20)23/h4-5,8-12,21,24-25H,2-3,6-7,13-19H2,1H3,(H,29,31)/t24-,25+/m0/s1. The Labute approximate surface area is 196 Å². The molecule has 0 aromatic heterocycles. The number of carbonyl (C=O) groups is 2. The molecule has 0 unspecified atom stereocenters. The molecule has 2 aromatic rings. The average Bonchev–Trinajstić information content (AvgIpc) is 2.88. The summed E-state index contributed by atoms with van der Waals surface area (Å²) in [5, 5.41) is 5.49. The van der Waals surface area contributed by atoms with Crippen LogP contribution in [0.5, 0.6) is 0 Å². The number of rotatable bonds is 5. The summed E-state index contributed by atoms with van der Waals surface area (Å²) in [5.41, 5.74) is 0.904. The summed E-state index contributed by atoms with van der Waals surface area (Å²) in [5.74, 6) is 0.246. The molecule has 0 radical (unpaired) electrons. The van der Waals surface area contributed by atoms with Crippen LogP contribution in [0.3, 0.4) is 0 Å². The highest BCUT2D eigenvalue weighted by molar-refractivity contribution is 6.07. The van der Waals surface area contributed by atoms with E-state index in [9.17, 15) is 9.59 Å². The normalized spacial score (nSPS) is 25.1. The van der Waals surface area contributed by atoms with Gasteiger partial charge in [-0.15, -0.1) is 0 Å². The molecule has 5 rings (SSSR count). The maximum absolute atomic E-state index is 13.2.